The van der Waals surface area contributed by atoms with Crippen molar-refractivity contribution in [1.29, 1.82) is 0 Å². The molecular formula is C23H22N2O2. The van der Waals surface area contributed by atoms with Gasteiger partial charge in [0.1, 0.15) is 12.4 Å². The molecule has 0 atom stereocenters. The van der Waals surface area contributed by atoms with Crippen molar-refractivity contribution in [2.45, 2.75) is 20.5 Å². The number of carbonyl (C=O) groups is 1. The third-order valence-electron chi connectivity index (χ3n) is 4.18. The number of nitrogens with zero attached hydrogens (tertiary/aromatic N) is 1. The maximum Gasteiger partial charge on any atom is 0.271 e. The Bertz CT molecular complexity index is 929. The third kappa shape index (κ3) is 5.28. The average molecular weight is 358 g/mol. The second-order valence-electron chi connectivity index (χ2n) is 6.36. The van der Waals surface area contributed by atoms with Crippen LogP contribution in [0.25, 0.3) is 0 Å². The van der Waals surface area contributed by atoms with E-state index in [0.29, 0.717) is 12.2 Å². The molecule has 1 N–H and O–H groups in total. The number of hydrogen-bond donors (Lipinski definition) is 1. The van der Waals surface area contributed by atoms with Gasteiger partial charge in [-0.05, 0) is 60.9 Å². The molecule has 0 bridgehead atoms. The molecule has 0 aromatic heterocycles. The molecule has 136 valence electrons. The summed E-state index contributed by atoms with van der Waals surface area (Å²) < 4.78 is 5.79. The molecule has 0 saturated heterocycles. The van der Waals surface area contributed by atoms with E-state index in [-0.39, 0.29) is 5.91 Å². The lowest BCUT2D eigenvalue weighted by molar-refractivity contribution is 0.0954. The van der Waals surface area contributed by atoms with Gasteiger partial charge in [-0.25, -0.2) is 5.43 Å². The zero-order valence-electron chi connectivity index (χ0n) is 15.5. The fourth-order valence-corrected chi connectivity index (χ4v) is 2.55. The number of nitrogens with one attached hydrogen (secondary N) is 1. The van der Waals surface area contributed by atoms with E-state index in [1.807, 2.05) is 49.4 Å². The van der Waals surface area contributed by atoms with Gasteiger partial charge in [0.25, 0.3) is 5.91 Å². The van der Waals surface area contributed by atoms with Crippen LogP contribution >= 0.6 is 0 Å². The molecular weight excluding hydrogens is 336 g/mol. The highest BCUT2D eigenvalue weighted by Crippen LogP contribution is 2.14. The van der Waals surface area contributed by atoms with E-state index in [1.54, 1.807) is 12.3 Å². The summed E-state index contributed by atoms with van der Waals surface area (Å²) in [6, 6.07) is 23.3. The van der Waals surface area contributed by atoms with Crippen LogP contribution in [0.3, 0.4) is 0 Å². The van der Waals surface area contributed by atoms with E-state index in [2.05, 4.69) is 41.7 Å². The van der Waals surface area contributed by atoms with E-state index >= 15 is 0 Å². The van der Waals surface area contributed by atoms with Gasteiger partial charge in [0, 0.05) is 5.56 Å². The first-order chi connectivity index (χ1) is 13.1. The molecule has 1 amide bonds. The molecule has 27 heavy (non-hydrogen) atoms. The summed E-state index contributed by atoms with van der Waals surface area (Å²) in [4.78, 5) is 12.1. The standard InChI is InChI=1S/C23H22N2O2/c1-17-7-9-20(10-8-17)16-27-21-13-11-19(12-14-21)15-24-25-23(26)22-6-4-3-5-18(22)2/h3-15H,16H2,1-2H3,(H,25,26)/b24-15+. The lowest BCUT2D eigenvalue weighted by Gasteiger charge is -2.07. The zero-order valence-corrected chi connectivity index (χ0v) is 15.5. The van der Waals surface area contributed by atoms with E-state index in [4.69, 9.17) is 4.74 Å². The van der Waals surface area contributed by atoms with Gasteiger partial charge in [-0.15, -0.1) is 0 Å². The number of hydrazone groups is 1. The molecule has 4 heteroatoms. The van der Waals surface area contributed by atoms with Gasteiger partial charge in [-0.2, -0.15) is 5.10 Å². The largest absolute Gasteiger partial charge is 0.489 e. The highest BCUT2D eigenvalue weighted by atomic mass is 16.5. The van der Waals surface area contributed by atoms with Gasteiger partial charge < -0.3 is 4.74 Å². The highest BCUT2D eigenvalue weighted by Gasteiger charge is 2.06. The van der Waals surface area contributed by atoms with Crippen LogP contribution in [0.4, 0.5) is 0 Å². The second-order valence-corrected chi connectivity index (χ2v) is 6.36. The van der Waals surface area contributed by atoms with Crippen molar-refractivity contribution in [3.63, 3.8) is 0 Å². The number of amides is 1. The Morgan fingerprint density at radius 1 is 0.963 bits per heavy atom. The number of benzene rings is 3. The fourth-order valence-electron chi connectivity index (χ4n) is 2.55. The van der Waals surface area contributed by atoms with E-state index in [0.717, 1.165) is 22.4 Å². The molecule has 3 rings (SSSR count). The molecule has 0 aliphatic carbocycles. The predicted octanol–water partition coefficient (Wildman–Crippen LogP) is 4.65. The van der Waals surface area contributed by atoms with Crippen LogP contribution in [0.1, 0.15) is 32.6 Å². The molecule has 3 aromatic rings. The number of ether oxygens (including phenoxy) is 1. The summed E-state index contributed by atoms with van der Waals surface area (Å²) in [6.07, 6.45) is 1.61. The summed E-state index contributed by atoms with van der Waals surface area (Å²) in [5.41, 5.74) is 7.33. The SMILES string of the molecule is Cc1ccc(COc2ccc(/C=N/NC(=O)c3ccccc3C)cc2)cc1. The molecule has 0 heterocycles. The zero-order chi connectivity index (χ0) is 19.1. The summed E-state index contributed by atoms with van der Waals surface area (Å²) >= 11 is 0. The third-order valence-corrected chi connectivity index (χ3v) is 4.18. The second kappa shape index (κ2) is 8.81. The fraction of sp³-hybridized carbons (Fsp3) is 0.130. The van der Waals surface area contributed by atoms with Crippen LogP contribution in [-0.2, 0) is 6.61 Å². The topological polar surface area (TPSA) is 50.7 Å². The molecule has 0 aliphatic heterocycles. The lowest BCUT2D eigenvalue weighted by Crippen LogP contribution is -2.18. The number of rotatable bonds is 6. The molecule has 0 fully saturated rings. The van der Waals surface area contributed by atoms with E-state index < -0.39 is 0 Å². The first kappa shape index (κ1) is 18.4. The minimum atomic E-state index is -0.220. The van der Waals surface area contributed by atoms with Gasteiger partial charge in [0.2, 0.25) is 0 Å². The van der Waals surface area contributed by atoms with Gasteiger partial charge in [0.15, 0.2) is 0 Å². The normalized spacial score (nSPS) is 10.7. The Morgan fingerprint density at radius 2 is 1.67 bits per heavy atom. The van der Waals surface area contributed by atoms with Crippen molar-refractivity contribution in [2.24, 2.45) is 5.10 Å². The van der Waals surface area contributed by atoms with Crippen molar-refractivity contribution in [1.82, 2.24) is 5.43 Å². The smallest absolute Gasteiger partial charge is 0.271 e. The summed E-state index contributed by atoms with van der Waals surface area (Å²) in [6.45, 7) is 4.49. The molecule has 0 unspecified atom stereocenters. The predicted molar refractivity (Wildman–Crippen MR) is 108 cm³/mol. The Kier molecular flexibility index (Phi) is 6.00. The first-order valence-corrected chi connectivity index (χ1v) is 8.79. The average Bonchev–Trinajstić information content (AvgIpc) is 2.69. The Hall–Kier alpha value is -3.40. The van der Waals surface area contributed by atoms with Crippen LogP contribution in [0.15, 0.2) is 77.9 Å². The summed E-state index contributed by atoms with van der Waals surface area (Å²) in [5, 5.41) is 4.03. The maximum absolute atomic E-state index is 12.1. The molecule has 0 spiro atoms. The van der Waals surface area contributed by atoms with Crippen LogP contribution in [-0.4, -0.2) is 12.1 Å². The Morgan fingerprint density at radius 3 is 2.37 bits per heavy atom. The van der Waals surface area contributed by atoms with Gasteiger partial charge in [-0.1, -0.05) is 48.0 Å². The minimum Gasteiger partial charge on any atom is -0.489 e. The Balaban J connectivity index is 1.52. The molecule has 0 saturated carbocycles. The minimum absolute atomic E-state index is 0.220. The maximum atomic E-state index is 12.1. The van der Waals surface area contributed by atoms with Crippen molar-refractivity contribution in [2.75, 3.05) is 0 Å². The van der Waals surface area contributed by atoms with Crippen LogP contribution in [0.5, 0.6) is 5.75 Å². The van der Waals surface area contributed by atoms with Crippen molar-refractivity contribution < 1.29 is 9.53 Å². The summed E-state index contributed by atoms with van der Waals surface area (Å²) in [5.74, 6) is 0.569. The Labute approximate surface area is 159 Å². The number of hydrogen-bond acceptors (Lipinski definition) is 3. The van der Waals surface area contributed by atoms with Gasteiger partial charge in [-0.3, -0.25) is 4.79 Å². The highest BCUT2D eigenvalue weighted by molar-refractivity contribution is 5.96. The number of aryl methyl sites for hydroxylation is 2. The van der Waals surface area contributed by atoms with Gasteiger partial charge in [0.05, 0.1) is 6.21 Å². The van der Waals surface area contributed by atoms with E-state index in [1.165, 1.54) is 5.56 Å². The van der Waals surface area contributed by atoms with Gasteiger partial charge >= 0.3 is 0 Å². The van der Waals surface area contributed by atoms with E-state index in [9.17, 15) is 4.79 Å². The van der Waals surface area contributed by atoms with Crippen molar-refractivity contribution in [3.05, 3.63) is 101 Å². The first-order valence-electron chi connectivity index (χ1n) is 8.79. The molecule has 0 radical (unpaired) electrons. The lowest BCUT2D eigenvalue weighted by atomic mass is 10.1. The van der Waals surface area contributed by atoms with Crippen molar-refractivity contribution in [3.8, 4) is 5.75 Å². The monoisotopic (exact) mass is 358 g/mol. The van der Waals surface area contributed by atoms with Crippen LogP contribution in [0.2, 0.25) is 0 Å². The molecule has 4 nitrogen and oxygen atoms in total. The molecule has 0 aliphatic rings. The van der Waals surface area contributed by atoms with Crippen LogP contribution in [0, 0.1) is 13.8 Å². The van der Waals surface area contributed by atoms with Crippen molar-refractivity contribution >= 4 is 12.1 Å². The summed E-state index contributed by atoms with van der Waals surface area (Å²) in [7, 11) is 0. The number of carbonyl (C=O) groups excluding carboxylic acids is 1. The quantitative estimate of drug-likeness (QED) is 0.515. The van der Waals surface area contributed by atoms with Crippen LogP contribution < -0.4 is 10.2 Å². The molecule has 3 aromatic carbocycles.